The molecule has 174 valence electrons. The van der Waals surface area contributed by atoms with Crippen LogP contribution in [0.3, 0.4) is 0 Å². The maximum Gasteiger partial charge on any atom is 0.325 e. The Bertz CT molecular complexity index is 1290. The number of nitrogens with one attached hydrogen (secondary N) is 1. The minimum atomic E-state index is -1.61. The first-order valence-corrected chi connectivity index (χ1v) is 11.6. The zero-order chi connectivity index (χ0) is 24.3. The lowest BCUT2D eigenvalue weighted by molar-refractivity contribution is -0.153. The quantitative estimate of drug-likeness (QED) is 0.581. The molecule has 2 heterocycles. The zero-order valence-corrected chi connectivity index (χ0v) is 19.5. The molecule has 2 aliphatic rings. The molecule has 0 aliphatic carbocycles. The van der Waals surface area contributed by atoms with Crippen LogP contribution in [0.4, 0.5) is 0 Å². The van der Waals surface area contributed by atoms with E-state index in [0.29, 0.717) is 0 Å². The van der Waals surface area contributed by atoms with Gasteiger partial charge in [-0.1, -0.05) is 72.8 Å². The van der Waals surface area contributed by atoms with E-state index in [0.717, 1.165) is 21.9 Å². The van der Waals surface area contributed by atoms with Gasteiger partial charge in [-0.15, -0.1) is 0 Å². The van der Waals surface area contributed by atoms with E-state index in [4.69, 9.17) is 0 Å². The van der Waals surface area contributed by atoms with Gasteiger partial charge in [0, 0.05) is 18.0 Å². The third kappa shape index (κ3) is 3.24. The van der Waals surface area contributed by atoms with E-state index >= 15 is 0 Å². The fourth-order valence-electron chi connectivity index (χ4n) is 5.81. The molecule has 2 saturated heterocycles. The van der Waals surface area contributed by atoms with Gasteiger partial charge in [-0.25, -0.2) is 0 Å². The summed E-state index contributed by atoms with van der Waals surface area (Å²) in [6.45, 7) is 5.43. The molecule has 4 unspecified atom stereocenters. The number of fused-ring (bicyclic) bond motifs is 2. The minimum absolute atomic E-state index is 0.0998. The molecule has 6 nitrogen and oxygen atoms in total. The lowest BCUT2D eigenvalue weighted by Gasteiger charge is -2.35. The van der Waals surface area contributed by atoms with Crippen molar-refractivity contribution in [3.05, 3.63) is 83.9 Å². The molecule has 0 saturated carbocycles. The lowest BCUT2D eigenvalue weighted by Crippen LogP contribution is -2.58. The van der Waals surface area contributed by atoms with Crippen LogP contribution in [-0.2, 0) is 20.8 Å². The Hall–Kier alpha value is -3.51. The number of carboxylic acid groups (broad SMARTS) is 1. The second-order valence-corrected chi connectivity index (χ2v) is 10.3. The normalized spacial score (nSPS) is 26.8. The summed E-state index contributed by atoms with van der Waals surface area (Å²) < 4.78 is 0. The number of imide groups is 1. The van der Waals surface area contributed by atoms with Crippen LogP contribution >= 0.6 is 0 Å². The number of aliphatic carboxylic acids is 1. The van der Waals surface area contributed by atoms with Crippen LogP contribution in [0, 0.1) is 11.8 Å². The van der Waals surface area contributed by atoms with Crippen molar-refractivity contribution in [1.82, 2.24) is 10.2 Å². The molecule has 3 aromatic carbocycles. The molecule has 0 aromatic heterocycles. The van der Waals surface area contributed by atoms with E-state index in [1.807, 2.05) is 93.6 Å². The molecule has 4 atom stereocenters. The fraction of sp³-hybridized carbons (Fsp3) is 0.321. The summed E-state index contributed by atoms with van der Waals surface area (Å²) in [4.78, 5) is 41.9. The van der Waals surface area contributed by atoms with Gasteiger partial charge in [-0.05, 0) is 42.7 Å². The van der Waals surface area contributed by atoms with Crippen molar-refractivity contribution < 1.29 is 19.5 Å². The van der Waals surface area contributed by atoms with Gasteiger partial charge in [0.05, 0.1) is 11.8 Å². The molecule has 6 heteroatoms. The van der Waals surface area contributed by atoms with E-state index in [1.54, 1.807) is 0 Å². The van der Waals surface area contributed by atoms with Crippen LogP contribution in [-0.4, -0.2) is 38.9 Å². The number of carbonyl (C=O) groups excluding carboxylic acids is 2. The topological polar surface area (TPSA) is 86.7 Å². The highest BCUT2D eigenvalue weighted by molar-refractivity contribution is 6.10. The Kier molecular flexibility index (Phi) is 5.10. The number of nitrogens with zero attached hydrogens (tertiary/aromatic N) is 1. The third-order valence-electron chi connectivity index (χ3n) is 7.19. The number of benzene rings is 3. The molecule has 2 N–H and O–H groups in total. The number of hydrogen-bond donors (Lipinski definition) is 2. The van der Waals surface area contributed by atoms with Crippen molar-refractivity contribution in [2.45, 2.75) is 44.3 Å². The van der Waals surface area contributed by atoms with Crippen LogP contribution in [0.25, 0.3) is 10.8 Å². The van der Waals surface area contributed by atoms with Crippen LogP contribution in [0.15, 0.2) is 72.8 Å². The zero-order valence-electron chi connectivity index (χ0n) is 19.5. The van der Waals surface area contributed by atoms with Gasteiger partial charge in [0.25, 0.3) is 0 Å². The first kappa shape index (κ1) is 22.3. The molecule has 2 fully saturated rings. The van der Waals surface area contributed by atoms with Crippen molar-refractivity contribution in [2.75, 3.05) is 0 Å². The van der Waals surface area contributed by atoms with Gasteiger partial charge < -0.3 is 5.11 Å². The van der Waals surface area contributed by atoms with Crippen LogP contribution in [0.1, 0.15) is 37.9 Å². The van der Waals surface area contributed by atoms with Gasteiger partial charge in [0.15, 0.2) is 0 Å². The summed E-state index contributed by atoms with van der Waals surface area (Å²) in [5, 5.41) is 15.9. The Balaban J connectivity index is 1.72. The average Bonchev–Trinajstić information content (AvgIpc) is 3.28. The maximum absolute atomic E-state index is 13.8. The summed E-state index contributed by atoms with van der Waals surface area (Å²) >= 11 is 0. The first-order chi connectivity index (χ1) is 16.1. The van der Waals surface area contributed by atoms with Gasteiger partial charge in [0.1, 0.15) is 5.54 Å². The first-order valence-electron chi connectivity index (χ1n) is 11.6. The Labute approximate surface area is 198 Å². The summed E-state index contributed by atoms with van der Waals surface area (Å²) in [7, 11) is 0. The number of hydrogen-bond acceptors (Lipinski definition) is 4. The van der Waals surface area contributed by atoms with E-state index < -0.39 is 40.8 Å². The van der Waals surface area contributed by atoms with E-state index in [-0.39, 0.29) is 12.3 Å². The highest BCUT2D eigenvalue weighted by atomic mass is 16.4. The number of likely N-dealkylation sites (tertiary alicyclic amines) is 1. The number of carbonyl (C=O) groups is 3. The standard InChI is InChI=1S/C28H28N2O4/c1-27(2,3)30-24(31)21-22(25(30)32)28(26(33)34,16-17-10-5-4-6-11-17)29-23(21)20-15-9-13-18-12-7-8-14-19(18)20/h4-15,21-23,29H,16H2,1-3H3,(H,33,34). The van der Waals surface area contributed by atoms with Crippen molar-refractivity contribution >= 4 is 28.6 Å². The van der Waals surface area contributed by atoms with Gasteiger partial charge >= 0.3 is 5.97 Å². The molecule has 2 aliphatic heterocycles. The second kappa shape index (κ2) is 7.77. The maximum atomic E-state index is 13.8. The molecule has 3 aromatic rings. The van der Waals surface area contributed by atoms with Crippen molar-refractivity contribution in [1.29, 1.82) is 0 Å². The van der Waals surface area contributed by atoms with Crippen molar-refractivity contribution in [2.24, 2.45) is 11.8 Å². The van der Waals surface area contributed by atoms with Crippen LogP contribution < -0.4 is 5.32 Å². The SMILES string of the molecule is CC(C)(C)N1C(=O)C2C(c3cccc4ccccc34)NC(Cc3ccccc3)(C(=O)O)C2C1=O. The predicted molar refractivity (Wildman–Crippen MR) is 129 cm³/mol. The second-order valence-electron chi connectivity index (χ2n) is 10.3. The summed E-state index contributed by atoms with van der Waals surface area (Å²) in [6.07, 6.45) is 0.0998. The van der Waals surface area contributed by atoms with Crippen LogP contribution in [0.2, 0.25) is 0 Å². The molecular weight excluding hydrogens is 428 g/mol. The molecule has 2 amide bonds. The van der Waals surface area contributed by atoms with Gasteiger partial charge in [0.2, 0.25) is 11.8 Å². The number of rotatable bonds is 4. The highest BCUT2D eigenvalue weighted by Gasteiger charge is 2.69. The number of carboxylic acids is 1. The molecule has 34 heavy (non-hydrogen) atoms. The predicted octanol–water partition coefficient (Wildman–Crippen LogP) is 3.95. The lowest BCUT2D eigenvalue weighted by atomic mass is 9.76. The number of amides is 2. The fourth-order valence-corrected chi connectivity index (χ4v) is 5.81. The van der Waals surface area contributed by atoms with Gasteiger partial charge in [-0.2, -0.15) is 0 Å². The van der Waals surface area contributed by atoms with Crippen molar-refractivity contribution in [3.8, 4) is 0 Å². The molecule has 0 bridgehead atoms. The van der Waals surface area contributed by atoms with E-state index in [1.165, 1.54) is 4.90 Å². The van der Waals surface area contributed by atoms with E-state index in [9.17, 15) is 19.5 Å². The Morgan fingerprint density at radius 2 is 1.59 bits per heavy atom. The molecular formula is C28H28N2O4. The summed E-state index contributed by atoms with van der Waals surface area (Å²) in [5.41, 5.74) is -0.732. The van der Waals surface area contributed by atoms with Gasteiger partial charge in [-0.3, -0.25) is 24.6 Å². The van der Waals surface area contributed by atoms with Crippen LogP contribution in [0.5, 0.6) is 0 Å². The molecule has 0 spiro atoms. The Morgan fingerprint density at radius 1 is 0.941 bits per heavy atom. The van der Waals surface area contributed by atoms with Crippen molar-refractivity contribution in [3.63, 3.8) is 0 Å². The summed E-state index contributed by atoms with van der Waals surface area (Å²) in [6, 6.07) is 22.3. The average molecular weight is 457 g/mol. The molecule has 5 rings (SSSR count). The largest absolute Gasteiger partial charge is 0.480 e. The smallest absolute Gasteiger partial charge is 0.325 e. The third-order valence-corrected chi connectivity index (χ3v) is 7.19. The molecule has 0 radical (unpaired) electrons. The van der Waals surface area contributed by atoms with E-state index in [2.05, 4.69) is 5.32 Å². The minimum Gasteiger partial charge on any atom is -0.480 e. The monoisotopic (exact) mass is 456 g/mol. The Morgan fingerprint density at radius 3 is 2.26 bits per heavy atom. The summed E-state index contributed by atoms with van der Waals surface area (Å²) in [5.74, 6) is -3.68. The highest BCUT2D eigenvalue weighted by Crippen LogP contribution is 2.52.